The summed E-state index contributed by atoms with van der Waals surface area (Å²) in [5.74, 6) is 0. The van der Waals surface area contributed by atoms with Gasteiger partial charge in [-0.15, -0.1) is 0 Å². The second-order valence-corrected chi connectivity index (χ2v) is 3.93. The van der Waals surface area contributed by atoms with E-state index in [4.69, 9.17) is 4.74 Å². The van der Waals surface area contributed by atoms with Crippen molar-refractivity contribution in [2.45, 2.75) is 26.4 Å². The van der Waals surface area contributed by atoms with Crippen molar-refractivity contribution in [2.75, 3.05) is 6.61 Å². The Morgan fingerprint density at radius 2 is 2.07 bits per heavy atom. The monoisotopic (exact) mass is 268 g/mol. The summed E-state index contributed by atoms with van der Waals surface area (Å²) >= 11 is 3.41. The van der Waals surface area contributed by atoms with Gasteiger partial charge in [0.1, 0.15) is 0 Å². The van der Waals surface area contributed by atoms with Gasteiger partial charge in [-0.1, -0.05) is 46.3 Å². The predicted molar refractivity (Wildman–Crippen MR) is 69.1 cm³/mol. The van der Waals surface area contributed by atoms with Crippen LogP contribution in [0.4, 0.5) is 0 Å². The zero-order chi connectivity index (χ0) is 11.1. The van der Waals surface area contributed by atoms with Crippen LogP contribution in [0.1, 0.15) is 25.8 Å². The molecule has 15 heavy (non-hydrogen) atoms. The fourth-order valence-corrected chi connectivity index (χ4v) is 1.98. The molecule has 0 N–H and O–H groups in total. The molecule has 0 spiro atoms. The molecule has 0 aliphatic carbocycles. The first-order chi connectivity index (χ1) is 7.27. The minimum Gasteiger partial charge on any atom is -0.378 e. The lowest BCUT2D eigenvalue weighted by molar-refractivity contribution is 0.0803. The quantitative estimate of drug-likeness (QED) is 0.777. The summed E-state index contributed by atoms with van der Waals surface area (Å²) in [7, 11) is 0. The first kappa shape index (κ1) is 12.5. The van der Waals surface area contributed by atoms with Gasteiger partial charge in [0.05, 0.1) is 6.10 Å². The van der Waals surface area contributed by atoms with E-state index in [0.29, 0.717) is 0 Å². The van der Waals surface area contributed by atoms with Gasteiger partial charge in [-0.25, -0.2) is 0 Å². The van der Waals surface area contributed by atoms with Gasteiger partial charge in [0.15, 0.2) is 0 Å². The summed E-state index contributed by atoms with van der Waals surface area (Å²) in [6.45, 7) is 4.89. The zero-order valence-electron chi connectivity index (χ0n) is 9.24. The van der Waals surface area contributed by atoms with Crippen molar-refractivity contribution in [3.8, 4) is 0 Å². The van der Waals surface area contributed by atoms with Crippen LogP contribution in [0.5, 0.6) is 0 Å². The Bertz CT molecular complexity index is 306. The van der Waals surface area contributed by atoms with Crippen LogP contribution in [-0.2, 0) is 4.74 Å². The predicted octanol–water partition coefficient (Wildman–Crippen LogP) is 4.24. The Hall–Kier alpha value is -0.600. The van der Waals surface area contributed by atoms with E-state index in [9.17, 15) is 0 Å². The number of benzene rings is 1. The molecule has 0 saturated heterocycles. The van der Waals surface area contributed by atoms with Crippen molar-refractivity contribution < 1.29 is 4.74 Å². The minimum atomic E-state index is 0.263. The Kier molecular flexibility index (Phi) is 5.66. The van der Waals surface area contributed by atoms with Gasteiger partial charge in [-0.3, -0.25) is 0 Å². The van der Waals surface area contributed by atoms with E-state index in [2.05, 4.69) is 47.1 Å². The lowest BCUT2D eigenvalue weighted by Crippen LogP contribution is -2.08. The Balaban J connectivity index is 2.66. The number of rotatable bonds is 5. The molecule has 0 saturated carbocycles. The smallest absolute Gasteiger partial charge is 0.0587 e. The summed E-state index contributed by atoms with van der Waals surface area (Å²) in [4.78, 5) is 1.98. The second-order valence-electron chi connectivity index (χ2n) is 3.47. The van der Waals surface area contributed by atoms with Crippen molar-refractivity contribution in [3.63, 3.8) is 0 Å². The summed E-state index contributed by atoms with van der Waals surface area (Å²) in [6, 6.07) is 10.4. The standard InChI is InChI=1S/C13H17BrO/c1-3-15-11(2)9-13(10-14)12-7-5-4-6-8-12/h4-8,10-11H,3,9H2,1-2H3/b13-10+. The molecular formula is C13H17BrO. The van der Waals surface area contributed by atoms with E-state index >= 15 is 0 Å². The molecule has 1 nitrogen and oxygen atoms in total. The normalized spacial score (nSPS) is 13.9. The molecule has 82 valence electrons. The van der Waals surface area contributed by atoms with E-state index in [0.717, 1.165) is 13.0 Å². The lowest BCUT2D eigenvalue weighted by Gasteiger charge is -2.13. The van der Waals surface area contributed by atoms with Gasteiger partial charge in [-0.2, -0.15) is 0 Å². The van der Waals surface area contributed by atoms with Crippen LogP contribution < -0.4 is 0 Å². The molecular weight excluding hydrogens is 252 g/mol. The van der Waals surface area contributed by atoms with Crippen molar-refractivity contribution in [1.29, 1.82) is 0 Å². The minimum absolute atomic E-state index is 0.263. The number of ether oxygens (including phenoxy) is 1. The van der Waals surface area contributed by atoms with E-state index in [1.54, 1.807) is 0 Å². The largest absolute Gasteiger partial charge is 0.378 e. The molecule has 1 aromatic rings. The van der Waals surface area contributed by atoms with Gasteiger partial charge in [0.25, 0.3) is 0 Å². The molecule has 1 rings (SSSR count). The highest BCUT2D eigenvalue weighted by Crippen LogP contribution is 2.22. The fraction of sp³-hybridized carbons (Fsp3) is 0.385. The molecule has 0 bridgehead atoms. The highest BCUT2D eigenvalue weighted by molar-refractivity contribution is 9.11. The van der Waals surface area contributed by atoms with Crippen LogP contribution in [0.3, 0.4) is 0 Å². The summed E-state index contributed by atoms with van der Waals surface area (Å²) in [6.07, 6.45) is 1.20. The van der Waals surface area contributed by atoms with Crippen molar-refractivity contribution in [1.82, 2.24) is 0 Å². The topological polar surface area (TPSA) is 9.23 Å². The second kappa shape index (κ2) is 6.81. The van der Waals surface area contributed by atoms with Crippen molar-refractivity contribution in [2.24, 2.45) is 0 Å². The third-order valence-corrected chi connectivity index (χ3v) is 2.79. The molecule has 0 aliphatic rings. The molecule has 0 aliphatic heterocycles. The van der Waals surface area contributed by atoms with Gasteiger partial charge in [-0.05, 0) is 36.4 Å². The number of hydrogen-bond donors (Lipinski definition) is 0. The molecule has 0 amide bonds. The van der Waals surface area contributed by atoms with Crippen LogP contribution in [0.15, 0.2) is 35.3 Å². The average molecular weight is 269 g/mol. The lowest BCUT2D eigenvalue weighted by atomic mass is 10.0. The molecule has 0 fully saturated rings. The third-order valence-electron chi connectivity index (χ3n) is 2.23. The first-order valence-corrected chi connectivity index (χ1v) is 6.15. The Morgan fingerprint density at radius 3 is 2.60 bits per heavy atom. The van der Waals surface area contributed by atoms with E-state index < -0.39 is 0 Å². The van der Waals surface area contributed by atoms with Gasteiger partial charge < -0.3 is 4.74 Å². The maximum Gasteiger partial charge on any atom is 0.0587 e. The molecule has 0 aromatic heterocycles. The third kappa shape index (κ3) is 4.18. The zero-order valence-corrected chi connectivity index (χ0v) is 10.8. The Labute approximate surface area is 100 Å². The SMILES string of the molecule is CCOC(C)C/C(=C\Br)c1ccccc1. The van der Waals surface area contributed by atoms with Gasteiger partial charge in [0, 0.05) is 6.61 Å². The van der Waals surface area contributed by atoms with E-state index in [-0.39, 0.29) is 6.10 Å². The highest BCUT2D eigenvalue weighted by atomic mass is 79.9. The summed E-state index contributed by atoms with van der Waals surface area (Å²) < 4.78 is 5.53. The van der Waals surface area contributed by atoms with Crippen LogP contribution in [0, 0.1) is 0 Å². The van der Waals surface area contributed by atoms with Crippen LogP contribution in [0.25, 0.3) is 5.57 Å². The van der Waals surface area contributed by atoms with Gasteiger partial charge >= 0.3 is 0 Å². The van der Waals surface area contributed by atoms with Crippen LogP contribution >= 0.6 is 15.9 Å². The van der Waals surface area contributed by atoms with E-state index in [1.165, 1.54) is 11.1 Å². The van der Waals surface area contributed by atoms with Crippen LogP contribution in [-0.4, -0.2) is 12.7 Å². The number of hydrogen-bond acceptors (Lipinski definition) is 1. The Morgan fingerprint density at radius 1 is 1.40 bits per heavy atom. The maximum absolute atomic E-state index is 5.53. The molecule has 1 unspecified atom stereocenters. The van der Waals surface area contributed by atoms with Crippen molar-refractivity contribution >= 4 is 21.5 Å². The molecule has 1 atom stereocenters. The fourth-order valence-electron chi connectivity index (χ4n) is 1.53. The molecule has 0 heterocycles. The van der Waals surface area contributed by atoms with Crippen molar-refractivity contribution in [3.05, 3.63) is 40.9 Å². The average Bonchev–Trinajstić information content (AvgIpc) is 2.27. The molecule has 1 aromatic carbocycles. The van der Waals surface area contributed by atoms with Gasteiger partial charge in [0.2, 0.25) is 0 Å². The summed E-state index contributed by atoms with van der Waals surface area (Å²) in [5.41, 5.74) is 2.53. The molecule has 2 heteroatoms. The van der Waals surface area contributed by atoms with Crippen LogP contribution in [0.2, 0.25) is 0 Å². The summed E-state index contributed by atoms with van der Waals surface area (Å²) in [5, 5.41) is 0. The maximum atomic E-state index is 5.53. The highest BCUT2D eigenvalue weighted by Gasteiger charge is 2.06. The number of halogens is 1. The molecule has 0 radical (unpaired) electrons. The first-order valence-electron chi connectivity index (χ1n) is 5.24. The van der Waals surface area contributed by atoms with E-state index in [1.807, 2.05) is 18.0 Å².